The van der Waals surface area contributed by atoms with Crippen molar-refractivity contribution in [3.63, 3.8) is 0 Å². The maximum atomic E-state index is 12.8. The number of benzene rings is 1. The highest BCUT2D eigenvalue weighted by atomic mass is 16.5. The van der Waals surface area contributed by atoms with Gasteiger partial charge in [-0.3, -0.25) is 4.79 Å². The highest BCUT2D eigenvalue weighted by Gasteiger charge is 2.26. The third-order valence-corrected chi connectivity index (χ3v) is 5.88. The Labute approximate surface area is 177 Å². The van der Waals surface area contributed by atoms with Crippen molar-refractivity contribution in [2.75, 3.05) is 55.5 Å². The molecule has 0 bridgehead atoms. The first-order valence-electron chi connectivity index (χ1n) is 10.5. The first kappa shape index (κ1) is 20.3. The number of carbonyl (C=O) groups is 1. The maximum absolute atomic E-state index is 12.8. The Balaban J connectivity index is 1.35. The van der Waals surface area contributed by atoms with Gasteiger partial charge in [0.25, 0.3) is 0 Å². The minimum Gasteiger partial charge on any atom is -0.497 e. The standard InChI is InChI=1S/C22H29N5O3/c1-29-18-11-17(12-19(13-18)30-2)25-22(28)16-5-9-27(10-6-16)21-14-20(23-15-24-21)26-7-3-4-8-26/h11-16H,3-10H2,1-2H3,(H,25,28). The average Bonchev–Trinajstić information content (AvgIpc) is 3.34. The number of rotatable bonds is 6. The molecule has 1 aromatic heterocycles. The fraction of sp³-hybridized carbons (Fsp3) is 0.500. The Morgan fingerprint density at radius 3 is 2.03 bits per heavy atom. The summed E-state index contributed by atoms with van der Waals surface area (Å²) in [5, 5.41) is 3.01. The zero-order valence-corrected chi connectivity index (χ0v) is 17.6. The van der Waals surface area contributed by atoms with Crippen LogP contribution in [0.25, 0.3) is 0 Å². The molecule has 0 saturated carbocycles. The van der Waals surface area contributed by atoms with Crippen LogP contribution in [0.3, 0.4) is 0 Å². The minimum atomic E-state index is -0.0293. The molecule has 1 amide bonds. The Kier molecular flexibility index (Phi) is 6.21. The molecule has 1 aromatic carbocycles. The van der Waals surface area contributed by atoms with E-state index < -0.39 is 0 Å². The molecule has 1 N–H and O–H groups in total. The summed E-state index contributed by atoms with van der Waals surface area (Å²) in [5.41, 5.74) is 0.685. The second kappa shape index (κ2) is 9.19. The highest BCUT2D eigenvalue weighted by molar-refractivity contribution is 5.93. The highest BCUT2D eigenvalue weighted by Crippen LogP contribution is 2.28. The second-order valence-corrected chi connectivity index (χ2v) is 7.78. The molecule has 4 rings (SSSR count). The van der Waals surface area contributed by atoms with Crippen LogP contribution >= 0.6 is 0 Å². The summed E-state index contributed by atoms with van der Waals surface area (Å²) >= 11 is 0. The van der Waals surface area contributed by atoms with E-state index in [1.165, 1.54) is 12.8 Å². The lowest BCUT2D eigenvalue weighted by Gasteiger charge is -2.32. The Hall–Kier alpha value is -3.03. The zero-order valence-electron chi connectivity index (χ0n) is 17.6. The van der Waals surface area contributed by atoms with Crippen molar-refractivity contribution < 1.29 is 14.3 Å². The predicted molar refractivity (Wildman–Crippen MR) is 117 cm³/mol. The number of nitrogens with one attached hydrogen (secondary N) is 1. The molecule has 8 heteroatoms. The molecule has 2 fully saturated rings. The lowest BCUT2D eigenvalue weighted by Crippen LogP contribution is -2.38. The van der Waals surface area contributed by atoms with Gasteiger partial charge in [0.1, 0.15) is 29.5 Å². The summed E-state index contributed by atoms with van der Waals surface area (Å²) in [5.74, 6) is 3.26. The van der Waals surface area contributed by atoms with Gasteiger partial charge in [0, 0.05) is 62.0 Å². The van der Waals surface area contributed by atoms with Crippen LogP contribution < -0.4 is 24.6 Å². The van der Waals surface area contributed by atoms with Crippen LogP contribution in [-0.4, -0.2) is 56.3 Å². The van der Waals surface area contributed by atoms with Crippen LogP contribution in [0, 0.1) is 5.92 Å². The van der Waals surface area contributed by atoms with E-state index in [1.54, 1.807) is 38.7 Å². The van der Waals surface area contributed by atoms with Gasteiger partial charge in [0.15, 0.2) is 0 Å². The molecule has 160 valence electrons. The maximum Gasteiger partial charge on any atom is 0.227 e. The van der Waals surface area contributed by atoms with Gasteiger partial charge in [-0.2, -0.15) is 0 Å². The second-order valence-electron chi connectivity index (χ2n) is 7.78. The normalized spacial score (nSPS) is 17.1. The monoisotopic (exact) mass is 411 g/mol. The molecule has 30 heavy (non-hydrogen) atoms. The van der Waals surface area contributed by atoms with Gasteiger partial charge in [-0.05, 0) is 25.7 Å². The Morgan fingerprint density at radius 2 is 1.47 bits per heavy atom. The fourth-order valence-electron chi connectivity index (χ4n) is 4.12. The van der Waals surface area contributed by atoms with E-state index in [0.717, 1.165) is 50.7 Å². The van der Waals surface area contributed by atoms with E-state index in [0.29, 0.717) is 17.2 Å². The molecule has 0 aliphatic carbocycles. The van der Waals surface area contributed by atoms with Gasteiger partial charge in [-0.25, -0.2) is 9.97 Å². The number of methoxy groups -OCH3 is 2. The number of amides is 1. The summed E-state index contributed by atoms with van der Waals surface area (Å²) in [7, 11) is 3.19. The van der Waals surface area contributed by atoms with E-state index >= 15 is 0 Å². The van der Waals surface area contributed by atoms with Crippen molar-refractivity contribution >= 4 is 23.2 Å². The smallest absolute Gasteiger partial charge is 0.227 e. The minimum absolute atomic E-state index is 0.0293. The van der Waals surface area contributed by atoms with Gasteiger partial charge in [-0.15, -0.1) is 0 Å². The molecule has 0 radical (unpaired) electrons. The largest absolute Gasteiger partial charge is 0.497 e. The van der Waals surface area contributed by atoms with E-state index in [4.69, 9.17) is 9.47 Å². The fourth-order valence-corrected chi connectivity index (χ4v) is 4.12. The van der Waals surface area contributed by atoms with Crippen molar-refractivity contribution in [1.82, 2.24) is 9.97 Å². The van der Waals surface area contributed by atoms with Gasteiger partial charge in [-0.1, -0.05) is 0 Å². The number of hydrogen-bond acceptors (Lipinski definition) is 7. The van der Waals surface area contributed by atoms with Gasteiger partial charge < -0.3 is 24.6 Å². The van der Waals surface area contributed by atoms with Crippen LogP contribution in [0.15, 0.2) is 30.6 Å². The molecule has 2 aliphatic heterocycles. The zero-order chi connectivity index (χ0) is 20.9. The quantitative estimate of drug-likeness (QED) is 0.783. The number of nitrogens with zero attached hydrogens (tertiary/aromatic N) is 4. The van der Waals surface area contributed by atoms with E-state index in [-0.39, 0.29) is 11.8 Å². The van der Waals surface area contributed by atoms with Crippen LogP contribution in [0.5, 0.6) is 11.5 Å². The van der Waals surface area contributed by atoms with Crippen LogP contribution in [-0.2, 0) is 4.79 Å². The third-order valence-electron chi connectivity index (χ3n) is 5.88. The summed E-state index contributed by atoms with van der Waals surface area (Å²) in [6, 6.07) is 7.47. The first-order chi connectivity index (χ1) is 14.7. The van der Waals surface area contributed by atoms with Crippen molar-refractivity contribution in [1.29, 1.82) is 0 Å². The van der Waals surface area contributed by atoms with Crippen LogP contribution in [0.2, 0.25) is 0 Å². The van der Waals surface area contributed by atoms with Crippen molar-refractivity contribution in [3.05, 3.63) is 30.6 Å². The Bertz CT molecular complexity index is 855. The summed E-state index contributed by atoms with van der Waals surface area (Å²) < 4.78 is 10.6. The lowest BCUT2D eigenvalue weighted by atomic mass is 9.95. The van der Waals surface area contributed by atoms with E-state index in [2.05, 4.69) is 31.2 Å². The molecule has 2 aliphatic rings. The van der Waals surface area contributed by atoms with Gasteiger partial charge in [0.05, 0.1) is 14.2 Å². The molecular formula is C22H29N5O3. The van der Waals surface area contributed by atoms with Crippen molar-refractivity contribution in [3.8, 4) is 11.5 Å². The van der Waals surface area contributed by atoms with Crippen LogP contribution in [0.1, 0.15) is 25.7 Å². The molecule has 3 heterocycles. The molecule has 2 saturated heterocycles. The topological polar surface area (TPSA) is 79.8 Å². The Morgan fingerprint density at radius 1 is 0.900 bits per heavy atom. The number of anilines is 3. The number of ether oxygens (including phenoxy) is 2. The number of aromatic nitrogens is 2. The summed E-state index contributed by atoms with van der Waals surface area (Å²) in [6.07, 6.45) is 5.67. The van der Waals surface area contributed by atoms with Gasteiger partial charge >= 0.3 is 0 Å². The molecule has 0 spiro atoms. The summed E-state index contributed by atoms with van der Waals surface area (Å²) in [4.78, 5) is 26.3. The molecule has 0 unspecified atom stereocenters. The van der Waals surface area contributed by atoms with Gasteiger partial charge in [0.2, 0.25) is 5.91 Å². The van der Waals surface area contributed by atoms with E-state index in [9.17, 15) is 4.79 Å². The number of hydrogen-bond donors (Lipinski definition) is 1. The first-order valence-corrected chi connectivity index (χ1v) is 10.5. The number of carbonyl (C=O) groups excluding carboxylic acids is 1. The molecule has 2 aromatic rings. The van der Waals surface area contributed by atoms with Crippen molar-refractivity contribution in [2.24, 2.45) is 5.92 Å². The predicted octanol–water partition coefficient (Wildman–Crippen LogP) is 2.95. The molecular weight excluding hydrogens is 382 g/mol. The average molecular weight is 412 g/mol. The van der Waals surface area contributed by atoms with E-state index in [1.807, 2.05) is 0 Å². The summed E-state index contributed by atoms with van der Waals surface area (Å²) in [6.45, 7) is 3.73. The number of piperidine rings is 1. The SMILES string of the molecule is COc1cc(NC(=O)C2CCN(c3cc(N4CCCC4)ncn3)CC2)cc(OC)c1. The lowest BCUT2D eigenvalue weighted by molar-refractivity contribution is -0.120. The van der Waals surface area contributed by atoms with Crippen molar-refractivity contribution in [2.45, 2.75) is 25.7 Å². The molecule has 8 nitrogen and oxygen atoms in total. The molecule has 0 atom stereocenters. The van der Waals surface area contributed by atoms with Crippen LogP contribution in [0.4, 0.5) is 17.3 Å². The third kappa shape index (κ3) is 4.58.